The average molecular weight is 307 g/mol. The smallest absolute Gasteiger partial charge is 0.316 e. The van der Waals surface area contributed by atoms with Crippen molar-refractivity contribution in [3.8, 4) is 0 Å². The summed E-state index contributed by atoms with van der Waals surface area (Å²) in [5, 5.41) is 2.71. The van der Waals surface area contributed by atoms with Gasteiger partial charge in [-0.1, -0.05) is 20.8 Å². The Morgan fingerprint density at radius 1 is 1.32 bits per heavy atom. The highest BCUT2D eigenvalue weighted by atomic mass is 19.1. The molecule has 1 aromatic heterocycles. The van der Waals surface area contributed by atoms with Crippen LogP contribution >= 0.6 is 0 Å². The highest BCUT2D eigenvalue weighted by Gasteiger charge is 2.20. The topological polar surface area (TPSA) is 84.0 Å². The van der Waals surface area contributed by atoms with Crippen molar-refractivity contribution in [1.82, 2.24) is 14.9 Å². The molecular weight excluding hydrogens is 289 g/mol. The zero-order chi connectivity index (χ0) is 16.5. The average Bonchev–Trinajstić information content (AvgIpc) is 2.41. The van der Waals surface area contributed by atoms with Crippen molar-refractivity contribution in [3.63, 3.8) is 0 Å². The Morgan fingerprint density at radius 2 is 2.00 bits per heavy atom. The van der Waals surface area contributed by atoms with Gasteiger partial charge < -0.3 is 14.9 Å². The van der Waals surface area contributed by atoms with Gasteiger partial charge in [0.15, 0.2) is 0 Å². The van der Waals surface area contributed by atoms with E-state index in [9.17, 15) is 18.8 Å². The molecule has 0 unspecified atom stereocenters. The second-order valence-electron chi connectivity index (χ2n) is 6.08. The number of carbonyl (C=O) groups excluding carboxylic acids is 1. The number of nitrogens with zero attached hydrogens (tertiary/aromatic N) is 1. The van der Waals surface area contributed by atoms with Gasteiger partial charge in [0.25, 0.3) is 0 Å². The highest BCUT2D eigenvalue weighted by molar-refractivity contribution is 5.81. The minimum absolute atomic E-state index is 0.132. The summed E-state index contributed by atoms with van der Waals surface area (Å²) in [4.78, 5) is 37.7. The number of rotatable bonds is 3. The summed E-state index contributed by atoms with van der Waals surface area (Å²) in [6, 6.07) is 3.79. The molecule has 0 atom stereocenters. The maximum absolute atomic E-state index is 13.2. The lowest BCUT2D eigenvalue weighted by atomic mass is 9.96. The monoisotopic (exact) mass is 307 g/mol. The minimum Gasteiger partial charge on any atom is -0.354 e. The molecule has 22 heavy (non-hydrogen) atoms. The van der Waals surface area contributed by atoms with E-state index in [1.807, 2.05) is 0 Å². The third kappa shape index (κ3) is 3.24. The number of halogens is 1. The van der Waals surface area contributed by atoms with Crippen molar-refractivity contribution in [2.24, 2.45) is 5.41 Å². The van der Waals surface area contributed by atoms with E-state index in [1.165, 1.54) is 16.7 Å². The van der Waals surface area contributed by atoms with Crippen LogP contribution in [0.1, 0.15) is 20.8 Å². The lowest BCUT2D eigenvalue weighted by Crippen LogP contribution is -2.41. The zero-order valence-electron chi connectivity index (χ0n) is 12.7. The van der Waals surface area contributed by atoms with Crippen LogP contribution in [0.15, 0.2) is 27.8 Å². The van der Waals surface area contributed by atoms with Gasteiger partial charge in [0.1, 0.15) is 5.82 Å². The van der Waals surface area contributed by atoms with Crippen molar-refractivity contribution in [2.45, 2.75) is 27.3 Å². The maximum atomic E-state index is 13.2. The Morgan fingerprint density at radius 3 is 2.64 bits per heavy atom. The number of aromatic nitrogens is 2. The predicted molar refractivity (Wildman–Crippen MR) is 81.3 cm³/mol. The fourth-order valence-corrected chi connectivity index (χ4v) is 2.02. The quantitative estimate of drug-likeness (QED) is 0.829. The zero-order valence-corrected chi connectivity index (χ0v) is 12.7. The number of H-pyrrole nitrogens is 1. The fraction of sp³-hybridized carbons (Fsp3) is 0.400. The van der Waals surface area contributed by atoms with Gasteiger partial charge >= 0.3 is 11.1 Å². The first kappa shape index (κ1) is 15.9. The number of hydrogen-bond donors (Lipinski definition) is 2. The first-order valence-corrected chi connectivity index (χ1v) is 6.91. The van der Waals surface area contributed by atoms with Gasteiger partial charge in [0.05, 0.1) is 11.0 Å². The van der Waals surface area contributed by atoms with Crippen LogP contribution in [0.5, 0.6) is 0 Å². The van der Waals surface area contributed by atoms with Crippen LogP contribution in [0.3, 0.4) is 0 Å². The van der Waals surface area contributed by atoms with Crippen LogP contribution in [0, 0.1) is 11.2 Å². The molecule has 0 aliphatic rings. The van der Waals surface area contributed by atoms with Crippen LogP contribution in [-0.4, -0.2) is 22.0 Å². The molecule has 118 valence electrons. The lowest BCUT2D eigenvalue weighted by molar-refractivity contribution is -0.128. The predicted octanol–water partition coefficient (Wildman–Crippen LogP) is 0.991. The van der Waals surface area contributed by atoms with Gasteiger partial charge in [0, 0.05) is 18.5 Å². The normalized spacial score (nSPS) is 11.6. The van der Waals surface area contributed by atoms with Crippen LogP contribution in [-0.2, 0) is 11.3 Å². The molecule has 6 nitrogen and oxygen atoms in total. The summed E-state index contributed by atoms with van der Waals surface area (Å²) < 4.78 is 14.5. The van der Waals surface area contributed by atoms with Gasteiger partial charge in [-0.15, -0.1) is 0 Å². The number of amides is 1. The molecule has 2 N–H and O–H groups in total. The molecule has 0 bridgehead atoms. The molecule has 0 spiro atoms. The van der Waals surface area contributed by atoms with Crippen molar-refractivity contribution in [3.05, 3.63) is 44.7 Å². The standard InChI is InChI=1S/C15H18FN3O3/c1-15(2,3)14(22)17-6-7-19-11-5-4-9(16)8-10(11)18-12(20)13(19)21/h4-5,8H,6-7H2,1-3H3,(H,17,22)(H,18,20). The second-order valence-corrected chi connectivity index (χ2v) is 6.08. The van der Waals surface area contributed by atoms with Gasteiger partial charge in [-0.25, -0.2) is 4.39 Å². The SMILES string of the molecule is CC(C)(C)C(=O)NCCn1c(=O)c(=O)[nH]c2cc(F)ccc21. The molecule has 0 saturated carbocycles. The Kier molecular flexibility index (Phi) is 4.16. The van der Waals surface area contributed by atoms with Crippen molar-refractivity contribution >= 4 is 16.9 Å². The van der Waals surface area contributed by atoms with Crippen molar-refractivity contribution < 1.29 is 9.18 Å². The molecule has 1 aromatic carbocycles. The van der Waals surface area contributed by atoms with E-state index >= 15 is 0 Å². The molecule has 0 fully saturated rings. The van der Waals surface area contributed by atoms with Gasteiger partial charge in [-0.2, -0.15) is 0 Å². The molecular formula is C15H18FN3O3. The molecule has 2 aromatic rings. The van der Waals surface area contributed by atoms with E-state index in [-0.39, 0.29) is 24.5 Å². The van der Waals surface area contributed by atoms with Gasteiger partial charge in [-0.3, -0.25) is 14.4 Å². The van der Waals surface area contributed by atoms with Crippen molar-refractivity contribution in [2.75, 3.05) is 6.54 Å². The van der Waals surface area contributed by atoms with E-state index in [0.717, 1.165) is 6.07 Å². The minimum atomic E-state index is -0.819. The molecule has 1 amide bonds. The Hall–Kier alpha value is -2.44. The van der Waals surface area contributed by atoms with Crippen LogP contribution in [0.2, 0.25) is 0 Å². The van der Waals surface area contributed by atoms with Crippen LogP contribution < -0.4 is 16.4 Å². The lowest BCUT2D eigenvalue weighted by Gasteiger charge is -2.18. The molecule has 0 radical (unpaired) electrons. The van der Waals surface area contributed by atoms with E-state index in [2.05, 4.69) is 10.3 Å². The second kappa shape index (κ2) is 5.75. The summed E-state index contributed by atoms with van der Waals surface area (Å²) in [6.45, 7) is 5.67. The summed E-state index contributed by atoms with van der Waals surface area (Å²) in [5.74, 6) is -0.657. The number of hydrogen-bond acceptors (Lipinski definition) is 3. The first-order chi connectivity index (χ1) is 10.2. The first-order valence-electron chi connectivity index (χ1n) is 6.91. The molecule has 0 saturated heterocycles. The number of aromatic amines is 1. The maximum Gasteiger partial charge on any atom is 0.316 e. The Labute approximate surface area is 126 Å². The number of carbonyl (C=O) groups is 1. The largest absolute Gasteiger partial charge is 0.354 e. The van der Waals surface area contributed by atoms with E-state index in [4.69, 9.17) is 0 Å². The third-order valence-electron chi connectivity index (χ3n) is 3.24. The Bertz CT molecular complexity index is 831. The summed E-state index contributed by atoms with van der Waals surface area (Å²) in [5.41, 5.74) is -1.43. The number of fused-ring (bicyclic) bond motifs is 1. The molecule has 0 aliphatic heterocycles. The number of nitrogens with one attached hydrogen (secondary N) is 2. The highest BCUT2D eigenvalue weighted by Crippen LogP contribution is 2.12. The number of benzene rings is 1. The Balaban J connectivity index is 2.31. The van der Waals surface area contributed by atoms with E-state index < -0.39 is 22.4 Å². The summed E-state index contributed by atoms with van der Waals surface area (Å²) >= 11 is 0. The van der Waals surface area contributed by atoms with E-state index in [0.29, 0.717) is 5.52 Å². The fourth-order valence-electron chi connectivity index (χ4n) is 2.02. The molecule has 1 heterocycles. The van der Waals surface area contributed by atoms with Crippen LogP contribution in [0.4, 0.5) is 4.39 Å². The molecule has 2 rings (SSSR count). The van der Waals surface area contributed by atoms with Gasteiger partial charge in [-0.05, 0) is 18.2 Å². The third-order valence-corrected chi connectivity index (χ3v) is 3.24. The molecule has 0 aliphatic carbocycles. The summed E-state index contributed by atoms with van der Waals surface area (Å²) in [7, 11) is 0. The van der Waals surface area contributed by atoms with E-state index in [1.54, 1.807) is 20.8 Å². The van der Waals surface area contributed by atoms with Crippen LogP contribution in [0.25, 0.3) is 11.0 Å². The summed E-state index contributed by atoms with van der Waals surface area (Å²) in [6.07, 6.45) is 0. The molecule has 7 heteroatoms. The van der Waals surface area contributed by atoms with Gasteiger partial charge in [0.2, 0.25) is 5.91 Å². The van der Waals surface area contributed by atoms with Crippen molar-refractivity contribution in [1.29, 1.82) is 0 Å².